The van der Waals surface area contributed by atoms with Crippen LogP contribution < -0.4 is 4.74 Å². The Labute approximate surface area is 162 Å². The predicted molar refractivity (Wildman–Crippen MR) is 107 cm³/mol. The van der Waals surface area contributed by atoms with Crippen LogP contribution >= 0.6 is 0 Å². The Kier molecular flexibility index (Phi) is 7.22. The lowest BCUT2D eigenvalue weighted by molar-refractivity contribution is 0.0638. The van der Waals surface area contributed by atoms with E-state index in [1.54, 1.807) is 0 Å². The van der Waals surface area contributed by atoms with Crippen LogP contribution in [-0.2, 0) is 6.42 Å². The molecule has 2 heterocycles. The molecular formula is C22H29N3O2. The van der Waals surface area contributed by atoms with Crippen molar-refractivity contribution in [3.63, 3.8) is 0 Å². The Morgan fingerprint density at radius 2 is 1.89 bits per heavy atom. The van der Waals surface area contributed by atoms with Crippen LogP contribution in [0.4, 0.5) is 0 Å². The number of carbonyl (C=O) groups excluding carboxylic acids is 1. The van der Waals surface area contributed by atoms with Gasteiger partial charge in [-0.3, -0.25) is 14.7 Å². The van der Waals surface area contributed by atoms with Crippen LogP contribution in [0, 0.1) is 0 Å². The summed E-state index contributed by atoms with van der Waals surface area (Å²) in [7, 11) is 0. The number of carbonyl (C=O) groups is 1. The fourth-order valence-corrected chi connectivity index (χ4v) is 3.25. The molecular weight excluding hydrogens is 338 g/mol. The van der Waals surface area contributed by atoms with E-state index in [9.17, 15) is 4.79 Å². The van der Waals surface area contributed by atoms with Crippen molar-refractivity contribution in [1.82, 2.24) is 14.8 Å². The molecule has 1 fully saturated rings. The summed E-state index contributed by atoms with van der Waals surface area (Å²) in [5.74, 6) is 0.884. The van der Waals surface area contributed by atoms with E-state index in [4.69, 9.17) is 4.74 Å². The number of hydrogen-bond donors (Lipinski definition) is 0. The van der Waals surface area contributed by atoms with Gasteiger partial charge in [0.05, 0.1) is 6.61 Å². The molecule has 1 saturated heterocycles. The Balaban J connectivity index is 1.47. The highest BCUT2D eigenvalue weighted by atomic mass is 16.5. The van der Waals surface area contributed by atoms with E-state index >= 15 is 0 Å². The largest absolute Gasteiger partial charge is 0.494 e. The van der Waals surface area contributed by atoms with Crippen LogP contribution in [0.1, 0.15) is 35.7 Å². The van der Waals surface area contributed by atoms with Crippen molar-refractivity contribution in [1.29, 1.82) is 0 Å². The van der Waals surface area contributed by atoms with Gasteiger partial charge in [-0.2, -0.15) is 0 Å². The first-order chi connectivity index (χ1) is 13.3. The molecule has 27 heavy (non-hydrogen) atoms. The molecule has 1 aliphatic rings. The minimum absolute atomic E-state index is 0.102. The molecule has 3 rings (SSSR count). The summed E-state index contributed by atoms with van der Waals surface area (Å²) < 4.78 is 5.73. The number of piperazine rings is 1. The number of pyridine rings is 1. The molecule has 144 valence electrons. The Morgan fingerprint density at radius 3 is 2.63 bits per heavy atom. The molecule has 1 aromatic carbocycles. The zero-order valence-electron chi connectivity index (χ0n) is 16.1. The molecule has 0 aliphatic carbocycles. The number of hydrogen-bond acceptors (Lipinski definition) is 4. The molecule has 2 aromatic rings. The molecule has 1 aromatic heterocycles. The highest BCUT2D eigenvalue weighted by Crippen LogP contribution is 2.16. The summed E-state index contributed by atoms with van der Waals surface area (Å²) in [6.07, 6.45) is 6.83. The second kappa shape index (κ2) is 10.1. The van der Waals surface area contributed by atoms with Gasteiger partial charge in [-0.15, -0.1) is 0 Å². The molecule has 5 nitrogen and oxygen atoms in total. The molecule has 1 amide bonds. The third kappa shape index (κ3) is 5.79. The number of nitrogens with zero attached hydrogens (tertiary/aromatic N) is 3. The number of aromatic nitrogens is 1. The van der Waals surface area contributed by atoms with Crippen LogP contribution in [0.25, 0.3) is 0 Å². The van der Waals surface area contributed by atoms with Gasteiger partial charge in [0.25, 0.3) is 5.91 Å². The first-order valence-corrected chi connectivity index (χ1v) is 9.89. The quantitative estimate of drug-likeness (QED) is 0.672. The molecule has 0 radical (unpaired) electrons. The van der Waals surface area contributed by atoms with Crippen molar-refractivity contribution < 1.29 is 9.53 Å². The summed E-state index contributed by atoms with van der Waals surface area (Å²) in [4.78, 5) is 21.2. The van der Waals surface area contributed by atoms with Crippen molar-refractivity contribution in [3.05, 3.63) is 59.9 Å². The summed E-state index contributed by atoms with van der Waals surface area (Å²) in [6, 6.07) is 11.7. The lowest BCUT2D eigenvalue weighted by atomic mass is 10.1. The zero-order chi connectivity index (χ0) is 18.9. The van der Waals surface area contributed by atoms with E-state index in [2.05, 4.69) is 28.9 Å². The second-order valence-electron chi connectivity index (χ2n) is 6.97. The third-order valence-electron chi connectivity index (χ3n) is 4.97. The third-order valence-corrected chi connectivity index (χ3v) is 4.97. The number of benzene rings is 1. The van der Waals surface area contributed by atoms with Gasteiger partial charge >= 0.3 is 0 Å². The molecule has 0 bridgehead atoms. The van der Waals surface area contributed by atoms with E-state index in [-0.39, 0.29) is 5.91 Å². The average molecular weight is 367 g/mol. The molecule has 1 aliphatic heterocycles. The minimum Gasteiger partial charge on any atom is -0.494 e. The van der Waals surface area contributed by atoms with Gasteiger partial charge in [0.1, 0.15) is 5.75 Å². The topological polar surface area (TPSA) is 45.7 Å². The highest BCUT2D eigenvalue weighted by Gasteiger charge is 2.22. The van der Waals surface area contributed by atoms with Crippen LogP contribution in [0.5, 0.6) is 5.75 Å². The first kappa shape index (κ1) is 19.4. The highest BCUT2D eigenvalue weighted by molar-refractivity contribution is 5.94. The Morgan fingerprint density at radius 1 is 1.11 bits per heavy atom. The van der Waals surface area contributed by atoms with E-state index < -0.39 is 0 Å². The van der Waals surface area contributed by atoms with Crippen molar-refractivity contribution in [2.24, 2.45) is 0 Å². The zero-order valence-corrected chi connectivity index (χ0v) is 16.1. The molecule has 0 unspecified atom stereocenters. The smallest absolute Gasteiger partial charge is 0.254 e. The minimum atomic E-state index is 0.102. The summed E-state index contributed by atoms with van der Waals surface area (Å²) >= 11 is 0. The number of unbranched alkanes of at least 4 members (excludes halogenated alkanes) is 1. The van der Waals surface area contributed by atoms with Crippen molar-refractivity contribution in [3.8, 4) is 5.75 Å². The van der Waals surface area contributed by atoms with E-state index in [1.165, 1.54) is 5.56 Å². The van der Waals surface area contributed by atoms with Crippen LogP contribution in [-0.4, -0.2) is 60.0 Å². The van der Waals surface area contributed by atoms with Gasteiger partial charge in [-0.1, -0.05) is 19.4 Å². The van der Waals surface area contributed by atoms with Crippen molar-refractivity contribution in [2.45, 2.75) is 26.2 Å². The standard InChI is InChI=1S/C22H29N3O2/c1-2-3-17-27-21-6-4-5-20(18-21)22(26)25-15-13-24(14-16-25)12-9-19-7-10-23-11-8-19/h4-8,10-11,18H,2-3,9,12-17H2,1H3. The molecule has 5 heteroatoms. The Bertz CT molecular complexity index is 713. The fourth-order valence-electron chi connectivity index (χ4n) is 3.25. The van der Waals surface area contributed by atoms with E-state index in [1.807, 2.05) is 41.6 Å². The number of rotatable bonds is 8. The predicted octanol–water partition coefficient (Wildman–Crippen LogP) is 3.26. The summed E-state index contributed by atoms with van der Waals surface area (Å²) in [6.45, 7) is 7.25. The SMILES string of the molecule is CCCCOc1cccc(C(=O)N2CCN(CCc3ccncc3)CC2)c1. The fraction of sp³-hybridized carbons (Fsp3) is 0.455. The molecule has 0 spiro atoms. The van der Waals surface area contributed by atoms with Gasteiger partial charge in [-0.05, 0) is 48.7 Å². The Hall–Kier alpha value is -2.40. The van der Waals surface area contributed by atoms with Gasteiger partial charge in [-0.25, -0.2) is 0 Å². The van der Waals surface area contributed by atoms with Crippen molar-refractivity contribution in [2.75, 3.05) is 39.3 Å². The normalized spacial score (nSPS) is 14.9. The van der Waals surface area contributed by atoms with Gasteiger partial charge in [0.2, 0.25) is 0 Å². The van der Waals surface area contributed by atoms with Crippen LogP contribution in [0.3, 0.4) is 0 Å². The maximum absolute atomic E-state index is 12.8. The number of ether oxygens (including phenoxy) is 1. The van der Waals surface area contributed by atoms with Crippen LogP contribution in [0.15, 0.2) is 48.8 Å². The lowest BCUT2D eigenvalue weighted by Gasteiger charge is -2.34. The van der Waals surface area contributed by atoms with Crippen molar-refractivity contribution >= 4 is 5.91 Å². The van der Waals surface area contributed by atoms with Gasteiger partial charge in [0.15, 0.2) is 0 Å². The first-order valence-electron chi connectivity index (χ1n) is 9.89. The van der Waals surface area contributed by atoms with Crippen LogP contribution in [0.2, 0.25) is 0 Å². The van der Waals surface area contributed by atoms with E-state index in [0.717, 1.165) is 57.7 Å². The number of amides is 1. The molecule has 0 N–H and O–H groups in total. The molecule has 0 atom stereocenters. The molecule has 0 saturated carbocycles. The van der Waals surface area contributed by atoms with E-state index in [0.29, 0.717) is 12.2 Å². The van der Waals surface area contributed by atoms with Gasteiger partial charge < -0.3 is 9.64 Å². The monoisotopic (exact) mass is 367 g/mol. The summed E-state index contributed by atoms with van der Waals surface area (Å²) in [5, 5.41) is 0. The maximum atomic E-state index is 12.8. The second-order valence-corrected chi connectivity index (χ2v) is 6.97. The van der Waals surface area contributed by atoms with Gasteiger partial charge in [0, 0.05) is 50.7 Å². The lowest BCUT2D eigenvalue weighted by Crippen LogP contribution is -2.49. The summed E-state index contributed by atoms with van der Waals surface area (Å²) in [5.41, 5.74) is 2.03. The average Bonchev–Trinajstić information content (AvgIpc) is 2.73. The maximum Gasteiger partial charge on any atom is 0.254 e.